The van der Waals surface area contributed by atoms with Crippen LogP contribution in [0.3, 0.4) is 0 Å². The lowest BCUT2D eigenvalue weighted by atomic mass is 10.1. The van der Waals surface area contributed by atoms with E-state index in [0.717, 1.165) is 27.7 Å². The van der Waals surface area contributed by atoms with Crippen molar-refractivity contribution in [2.75, 3.05) is 5.75 Å². The number of fused-ring (bicyclic) bond motifs is 1. The minimum atomic E-state index is 0.528. The number of aromatic nitrogens is 3. The van der Waals surface area contributed by atoms with Crippen LogP contribution in [0.4, 0.5) is 0 Å². The van der Waals surface area contributed by atoms with E-state index in [-0.39, 0.29) is 0 Å². The molecule has 0 saturated heterocycles. The molecule has 0 radical (unpaired) electrons. The maximum absolute atomic E-state index is 6.31. The van der Waals surface area contributed by atoms with E-state index in [9.17, 15) is 0 Å². The van der Waals surface area contributed by atoms with E-state index in [0.29, 0.717) is 15.9 Å². The van der Waals surface area contributed by atoms with Crippen LogP contribution in [-0.4, -0.2) is 26.3 Å². The zero-order valence-corrected chi connectivity index (χ0v) is 15.0. The normalized spacial score (nSPS) is 13.5. The van der Waals surface area contributed by atoms with Gasteiger partial charge in [-0.2, -0.15) is 9.78 Å². The monoisotopic (exact) mass is 374 g/mol. The lowest BCUT2D eigenvalue weighted by Crippen LogP contribution is -2.13. The minimum absolute atomic E-state index is 0.528. The number of hydrogen-bond donors (Lipinski definition) is 0. The summed E-state index contributed by atoms with van der Waals surface area (Å²) in [5.74, 6) is 1.37. The highest BCUT2D eigenvalue weighted by molar-refractivity contribution is 7.99. The Morgan fingerprint density at radius 3 is 2.58 bits per heavy atom. The van der Waals surface area contributed by atoms with Crippen molar-refractivity contribution in [3.63, 3.8) is 0 Å². The molecule has 1 aromatic heterocycles. The number of rotatable bonds is 2. The molecule has 4 rings (SSSR count). The average molecular weight is 375 g/mol. The van der Waals surface area contributed by atoms with Crippen molar-refractivity contribution in [2.24, 2.45) is 5.10 Å². The molecular formula is C17H12Cl2N4S. The third-order valence-electron chi connectivity index (χ3n) is 3.73. The van der Waals surface area contributed by atoms with Crippen molar-refractivity contribution in [3.8, 4) is 11.4 Å². The van der Waals surface area contributed by atoms with Crippen LogP contribution in [0.25, 0.3) is 11.4 Å². The Hall–Kier alpha value is -1.82. The molecule has 0 amide bonds. The van der Waals surface area contributed by atoms with Crippen LogP contribution in [0, 0.1) is 6.92 Å². The largest absolute Gasteiger partial charge is 0.212 e. The van der Waals surface area contributed by atoms with Gasteiger partial charge in [0.05, 0.1) is 10.7 Å². The molecule has 2 aromatic carbocycles. The minimum Gasteiger partial charge on any atom is -0.186 e. The third kappa shape index (κ3) is 2.83. The first-order valence-corrected chi connectivity index (χ1v) is 9.04. The van der Waals surface area contributed by atoms with Gasteiger partial charge in [0.25, 0.3) is 0 Å². The first-order chi connectivity index (χ1) is 11.6. The van der Waals surface area contributed by atoms with E-state index in [1.807, 2.05) is 6.07 Å². The van der Waals surface area contributed by atoms with Gasteiger partial charge in [-0.05, 0) is 30.7 Å². The lowest BCUT2D eigenvalue weighted by molar-refractivity contribution is 0.762. The second-order valence-corrected chi connectivity index (χ2v) is 7.23. The second kappa shape index (κ2) is 6.24. The summed E-state index contributed by atoms with van der Waals surface area (Å²) in [5.41, 5.74) is 4.06. The van der Waals surface area contributed by atoms with E-state index in [1.54, 1.807) is 28.6 Å². The fraction of sp³-hybridized carbons (Fsp3) is 0.118. The Kier molecular flexibility index (Phi) is 4.08. The van der Waals surface area contributed by atoms with E-state index < -0.39 is 0 Å². The third-order valence-corrected chi connectivity index (χ3v) is 5.21. The molecule has 4 nitrogen and oxygen atoms in total. The summed E-state index contributed by atoms with van der Waals surface area (Å²) in [6.07, 6.45) is 0. The molecule has 1 aliphatic heterocycles. The van der Waals surface area contributed by atoms with E-state index in [1.165, 1.54) is 5.56 Å². The summed E-state index contributed by atoms with van der Waals surface area (Å²) in [5, 5.41) is 15.1. The molecule has 0 atom stereocenters. The predicted molar refractivity (Wildman–Crippen MR) is 99.3 cm³/mol. The molecule has 0 spiro atoms. The molecule has 0 bridgehead atoms. The SMILES string of the molecule is Cc1ccc(C2=Nn3c(nnc3-c3ccc(Cl)cc3Cl)SC2)cc1. The zero-order chi connectivity index (χ0) is 16.7. The summed E-state index contributed by atoms with van der Waals surface area (Å²) in [6, 6.07) is 13.6. The van der Waals surface area contributed by atoms with Gasteiger partial charge < -0.3 is 0 Å². The summed E-state index contributed by atoms with van der Waals surface area (Å²) in [4.78, 5) is 0. The van der Waals surface area contributed by atoms with Gasteiger partial charge in [0.1, 0.15) is 0 Å². The highest BCUT2D eigenvalue weighted by atomic mass is 35.5. The van der Waals surface area contributed by atoms with E-state index in [2.05, 4.69) is 41.4 Å². The van der Waals surface area contributed by atoms with Gasteiger partial charge in [0.15, 0.2) is 5.82 Å². The Morgan fingerprint density at radius 2 is 1.83 bits per heavy atom. The Bertz CT molecular complexity index is 948. The van der Waals surface area contributed by atoms with Crippen molar-refractivity contribution < 1.29 is 0 Å². The fourth-order valence-electron chi connectivity index (χ4n) is 2.45. The molecule has 7 heteroatoms. The molecular weight excluding hydrogens is 363 g/mol. The molecule has 2 heterocycles. The van der Waals surface area contributed by atoms with Gasteiger partial charge >= 0.3 is 0 Å². The van der Waals surface area contributed by atoms with Crippen LogP contribution < -0.4 is 0 Å². The van der Waals surface area contributed by atoms with Crippen LogP contribution in [0.15, 0.2) is 52.7 Å². The molecule has 120 valence electrons. The van der Waals surface area contributed by atoms with E-state index >= 15 is 0 Å². The fourth-order valence-corrected chi connectivity index (χ4v) is 3.79. The van der Waals surface area contributed by atoms with Gasteiger partial charge in [-0.15, -0.1) is 10.2 Å². The maximum atomic E-state index is 6.31. The highest BCUT2D eigenvalue weighted by Crippen LogP contribution is 2.33. The Balaban J connectivity index is 1.80. The maximum Gasteiger partial charge on any atom is 0.212 e. The topological polar surface area (TPSA) is 43.1 Å². The van der Waals surface area contributed by atoms with Gasteiger partial charge in [0, 0.05) is 16.3 Å². The molecule has 0 aliphatic carbocycles. The van der Waals surface area contributed by atoms with Crippen LogP contribution >= 0.6 is 35.0 Å². The van der Waals surface area contributed by atoms with Crippen molar-refractivity contribution in [1.82, 2.24) is 14.9 Å². The van der Waals surface area contributed by atoms with Crippen LogP contribution in [0.1, 0.15) is 11.1 Å². The molecule has 24 heavy (non-hydrogen) atoms. The quantitative estimate of drug-likeness (QED) is 0.639. The van der Waals surface area contributed by atoms with Gasteiger partial charge in [0.2, 0.25) is 5.16 Å². The van der Waals surface area contributed by atoms with Crippen molar-refractivity contribution >= 4 is 40.7 Å². The summed E-state index contributed by atoms with van der Waals surface area (Å²) in [6.45, 7) is 2.07. The van der Waals surface area contributed by atoms with Gasteiger partial charge in [-0.3, -0.25) is 0 Å². The molecule has 0 N–H and O–H groups in total. The highest BCUT2D eigenvalue weighted by Gasteiger charge is 2.22. The number of aryl methyl sites for hydroxylation is 1. The number of nitrogens with zero attached hydrogens (tertiary/aromatic N) is 4. The first-order valence-electron chi connectivity index (χ1n) is 7.30. The number of benzene rings is 2. The summed E-state index contributed by atoms with van der Waals surface area (Å²) < 4.78 is 1.75. The van der Waals surface area contributed by atoms with Crippen molar-refractivity contribution in [2.45, 2.75) is 12.1 Å². The first kappa shape index (κ1) is 15.7. The lowest BCUT2D eigenvalue weighted by Gasteiger charge is -2.14. The number of hydrogen-bond acceptors (Lipinski definition) is 4. The molecule has 1 aliphatic rings. The average Bonchev–Trinajstić information content (AvgIpc) is 2.98. The van der Waals surface area contributed by atoms with Crippen LogP contribution in [0.2, 0.25) is 10.0 Å². The number of thioether (sulfide) groups is 1. The number of halogens is 2. The van der Waals surface area contributed by atoms with Crippen molar-refractivity contribution in [3.05, 3.63) is 63.6 Å². The standard InChI is InChI=1S/C17H12Cl2N4S/c1-10-2-4-11(5-3-10)15-9-24-17-21-20-16(23(17)22-15)13-7-6-12(18)8-14(13)19/h2-8H,9H2,1H3. The van der Waals surface area contributed by atoms with E-state index in [4.69, 9.17) is 28.3 Å². The molecule has 0 fully saturated rings. The molecule has 0 saturated carbocycles. The molecule has 3 aromatic rings. The smallest absolute Gasteiger partial charge is 0.186 e. The van der Waals surface area contributed by atoms with Crippen LogP contribution in [-0.2, 0) is 0 Å². The second-order valence-electron chi connectivity index (χ2n) is 5.44. The summed E-state index contributed by atoms with van der Waals surface area (Å²) in [7, 11) is 0. The van der Waals surface area contributed by atoms with Gasteiger partial charge in [-0.1, -0.05) is 64.8 Å². The summed E-state index contributed by atoms with van der Waals surface area (Å²) >= 11 is 13.9. The Labute approximate surface area is 153 Å². The van der Waals surface area contributed by atoms with Gasteiger partial charge in [-0.25, -0.2) is 0 Å². The zero-order valence-electron chi connectivity index (χ0n) is 12.7. The van der Waals surface area contributed by atoms with Crippen LogP contribution in [0.5, 0.6) is 0 Å². The predicted octanol–water partition coefficient (Wildman–Crippen LogP) is 4.92. The Morgan fingerprint density at radius 1 is 1.04 bits per heavy atom. The van der Waals surface area contributed by atoms with Crippen molar-refractivity contribution in [1.29, 1.82) is 0 Å². The molecule has 0 unspecified atom stereocenters.